The number of rotatable bonds is 11. The fraction of sp³-hybridized carbons (Fsp3) is 0.222. The molecule has 0 aliphatic heterocycles. The van der Waals surface area contributed by atoms with E-state index in [2.05, 4.69) is 15.8 Å². The molecule has 3 aromatic rings. The van der Waals surface area contributed by atoms with E-state index in [1.165, 1.54) is 6.21 Å². The minimum atomic E-state index is -4.68. The predicted molar refractivity (Wildman–Crippen MR) is 144 cm³/mol. The number of amides is 2. The van der Waals surface area contributed by atoms with E-state index in [4.69, 9.17) is 4.74 Å². The number of nitrogens with zero attached hydrogens (tertiary/aromatic N) is 2. The Morgan fingerprint density at radius 1 is 1.00 bits per heavy atom. The molecule has 212 valence electrons. The first-order chi connectivity index (χ1) is 18.8. The molecule has 2 amide bonds. The van der Waals surface area contributed by atoms with Crippen LogP contribution >= 0.6 is 0 Å². The number of hydrogen-bond donors (Lipinski definition) is 2. The normalized spacial score (nSPS) is 12.5. The molecule has 0 fully saturated rings. The largest absolute Gasteiger partial charge is 0.484 e. The van der Waals surface area contributed by atoms with Gasteiger partial charge in [0, 0.05) is 0 Å². The lowest BCUT2D eigenvalue weighted by atomic mass is 10.1. The van der Waals surface area contributed by atoms with Crippen LogP contribution in [0.4, 0.5) is 18.9 Å². The number of benzene rings is 3. The maximum Gasteiger partial charge on any atom is 0.416 e. The lowest BCUT2D eigenvalue weighted by Gasteiger charge is -2.22. The monoisotopic (exact) mass is 576 g/mol. The third-order valence-electron chi connectivity index (χ3n) is 5.48. The maximum atomic E-state index is 13.0. The van der Waals surface area contributed by atoms with Gasteiger partial charge in [-0.1, -0.05) is 36.4 Å². The zero-order chi connectivity index (χ0) is 29.3. The van der Waals surface area contributed by atoms with Gasteiger partial charge in [-0.3, -0.25) is 13.9 Å². The Hall–Kier alpha value is -4.39. The Labute approximate surface area is 229 Å². The van der Waals surface area contributed by atoms with Crippen LogP contribution in [0.1, 0.15) is 29.7 Å². The third kappa shape index (κ3) is 9.12. The number of nitrogens with one attached hydrogen (secondary N) is 2. The molecule has 0 saturated carbocycles. The average Bonchev–Trinajstić information content (AvgIpc) is 2.90. The number of halogens is 3. The number of alkyl halides is 3. The second kappa shape index (κ2) is 13.1. The van der Waals surface area contributed by atoms with Gasteiger partial charge in [-0.2, -0.15) is 18.3 Å². The summed E-state index contributed by atoms with van der Waals surface area (Å²) in [5.41, 5.74) is 2.31. The summed E-state index contributed by atoms with van der Waals surface area (Å²) in [4.78, 5) is 24.5. The first kappa shape index (κ1) is 30.2. The third-order valence-corrected chi connectivity index (χ3v) is 6.62. The first-order valence-corrected chi connectivity index (χ1v) is 13.7. The summed E-state index contributed by atoms with van der Waals surface area (Å²) in [6, 6.07) is 19.4. The second-order valence-corrected chi connectivity index (χ2v) is 10.6. The Morgan fingerprint density at radius 2 is 1.68 bits per heavy atom. The van der Waals surface area contributed by atoms with Crippen molar-refractivity contribution in [3.63, 3.8) is 0 Å². The molecule has 0 spiro atoms. The molecule has 0 aliphatic rings. The van der Waals surface area contributed by atoms with E-state index < -0.39 is 34.2 Å². The van der Waals surface area contributed by atoms with Gasteiger partial charge in [0.2, 0.25) is 10.0 Å². The first-order valence-electron chi connectivity index (χ1n) is 11.9. The standard InChI is InChI=1S/C27H27F3N4O5S/c1-19(21-7-4-3-5-8-21)32-26(36)18-39-24-13-11-20(12-14-24)16-31-33-25(35)17-34(40(2,37)38)23-10-6-9-22(15-23)27(28,29)30/h3-16,19H,17-18H2,1-2H3,(H,32,36)(H,33,35)/b31-16-/t19-/m0/s1. The van der Waals surface area contributed by atoms with Crippen LogP contribution in [0.25, 0.3) is 0 Å². The number of hydrazone groups is 1. The quantitative estimate of drug-likeness (QED) is 0.266. The molecule has 0 heterocycles. The lowest BCUT2D eigenvalue weighted by Crippen LogP contribution is -2.39. The van der Waals surface area contributed by atoms with Crippen molar-refractivity contribution in [1.82, 2.24) is 10.7 Å². The van der Waals surface area contributed by atoms with Crippen LogP contribution in [0.15, 0.2) is 84.0 Å². The molecule has 0 bridgehead atoms. The Morgan fingerprint density at radius 3 is 2.30 bits per heavy atom. The van der Waals surface area contributed by atoms with Gasteiger partial charge in [0.05, 0.1) is 29.8 Å². The summed E-state index contributed by atoms with van der Waals surface area (Å²) in [6.07, 6.45) is -2.62. The summed E-state index contributed by atoms with van der Waals surface area (Å²) in [5.74, 6) is -0.735. The van der Waals surface area contributed by atoms with Crippen LogP contribution in [-0.2, 0) is 25.8 Å². The number of ether oxygens (including phenoxy) is 1. The van der Waals surface area contributed by atoms with E-state index in [0.717, 1.165) is 30.0 Å². The van der Waals surface area contributed by atoms with Crippen LogP contribution in [0.2, 0.25) is 0 Å². The van der Waals surface area contributed by atoms with Gasteiger partial charge < -0.3 is 10.1 Å². The average molecular weight is 577 g/mol. The highest BCUT2D eigenvalue weighted by atomic mass is 32.2. The summed E-state index contributed by atoms with van der Waals surface area (Å²) in [7, 11) is -4.08. The number of carbonyl (C=O) groups excluding carboxylic acids is 2. The molecule has 0 saturated heterocycles. The number of sulfonamides is 1. The molecular formula is C27H27F3N4O5S. The number of anilines is 1. The Balaban J connectivity index is 1.52. The van der Waals surface area contributed by atoms with Gasteiger partial charge in [-0.15, -0.1) is 0 Å². The highest BCUT2D eigenvalue weighted by Crippen LogP contribution is 2.32. The SMILES string of the molecule is C[C@H](NC(=O)COc1ccc(/C=N\NC(=O)CN(c2cccc(C(F)(F)F)c2)S(C)(=O)=O)cc1)c1ccccc1. The molecule has 0 unspecified atom stereocenters. The van der Waals surface area contributed by atoms with Crippen molar-refractivity contribution in [3.8, 4) is 5.75 Å². The molecule has 2 N–H and O–H groups in total. The summed E-state index contributed by atoms with van der Waals surface area (Å²) in [5, 5.41) is 6.60. The molecule has 13 heteroatoms. The van der Waals surface area contributed by atoms with Crippen molar-refractivity contribution in [3.05, 3.63) is 95.6 Å². The topological polar surface area (TPSA) is 117 Å². The van der Waals surface area contributed by atoms with Gasteiger partial charge in [-0.25, -0.2) is 13.8 Å². The van der Waals surface area contributed by atoms with Gasteiger partial charge in [-0.05, 0) is 60.5 Å². The van der Waals surface area contributed by atoms with E-state index in [9.17, 15) is 31.2 Å². The zero-order valence-corrected chi connectivity index (χ0v) is 22.4. The van der Waals surface area contributed by atoms with Crippen molar-refractivity contribution >= 4 is 33.7 Å². The molecule has 0 aliphatic carbocycles. The lowest BCUT2D eigenvalue weighted by molar-refractivity contribution is -0.137. The summed E-state index contributed by atoms with van der Waals surface area (Å²) >= 11 is 0. The summed E-state index contributed by atoms with van der Waals surface area (Å²) < 4.78 is 69.5. The fourth-order valence-corrected chi connectivity index (χ4v) is 4.34. The predicted octanol–water partition coefficient (Wildman–Crippen LogP) is 3.88. The van der Waals surface area contributed by atoms with Crippen LogP contribution in [0.3, 0.4) is 0 Å². The van der Waals surface area contributed by atoms with Crippen molar-refractivity contribution in [2.24, 2.45) is 5.10 Å². The van der Waals surface area contributed by atoms with Crippen LogP contribution in [0, 0.1) is 0 Å². The highest BCUT2D eigenvalue weighted by molar-refractivity contribution is 7.92. The molecule has 1 atom stereocenters. The molecular weight excluding hydrogens is 549 g/mol. The van der Waals surface area contributed by atoms with Crippen LogP contribution in [-0.4, -0.2) is 45.9 Å². The van der Waals surface area contributed by atoms with Crippen molar-refractivity contribution < 1.29 is 35.9 Å². The molecule has 0 radical (unpaired) electrons. The number of hydrogen-bond acceptors (Lipinski definition) is 6. The minimum absolute atomic E-state index is 0.180. The molecule has 0 aromatic heterocycles. The maximum absolute atomic E-state index is 13.0. The fourth-order valence-electron chi connectivity index (χ4n) is 3.49. The van der Waals surface area contributed by atoms with Gasteiger partial charge in [0.25, 0.3) is 11.8 Å². The van der Waals surface area contributed by atoms with Crippen molar-refractivity contribution in [2.45, 2.75) is 19.1 Å². The summed E-state index contributed by atoms with van der Waals surface area (Å²) in [6.45, 7) is 0.892. The second-order valence-electron chi connectivity index (χ2n) is 8.67. The van der Waals surface area contributed by atoms with E-state index in [0.29, 0.717) is 21.7 Å². The minimum Gasteiger partial charge on any atom is -0.484 e. The molecule has 9 nitrogen and oxygen atoms in total. The number of carbonyl (C=O) groups is 2. The van der Waals surface area contributed by atoms with E-state index in [1.807, 2.05) is 37.3 Å². The molecule has 3 rings (SSSR count). The van der Waals surface area contributed by atoms with E-state index >= 15 is 0 Å². The smallest absolute Gasteiger partial charge is 0.416 e. The van der Waals surface area contributed by atoms with Gasteiger partial charge in [0.15, 0.2) is 6.61 Å². The van der Waals surface area contributed by atoms with E-state index in [-0.39, 0.29) is 24.2 Å². The van der Waals surface area contributed by atoms with Crippen LogP contribution < -0.4 is 19.8 Å². The highest BCUT2D eigenvalue weighted by Gasteiger charge is 2.32. The molecule has 40 heavy (non-hydrogen) atoms. The Bertz CT molecular complexity index is 1450. The van der Waals surface area contributed by atoms with Crippen molar-refractivity contribution in [1.29, 1.82) is 0 Å². The van der Waals surface area contributed by atoms with Gasteiger partial charge in [0.1, 0.15) is 12.3 Å². The van der Waals surface area contributed by atoms with Crippen LogP contribution in [0.5, 0.6) is 5.75 Å². The molecule has 3 aromatic carbocycles. The Kier molecular flexibility index (Phi) is 9.88. The zero-order valence-electron chi connectivity index (χ0n) is 21.6. The van der Waals surface area contributed by atoms with Crippen molar-refractivity contribution in [2.75, 3.05) is 23.7 Å². The van der Waals surface area contributed by atoms with E-state index in [1.54, 1.807) is 24.3 Å². The van der Waals surface area contributed by atoms with Gasteiger partial charge >= 0.3 is 6.18 Å².